The molecule has 4 rings (SSSR count). The molecule has 0 unspecified atom stereocenters. The molecule has 174 valence electrons. The van der Waals surface area contributed by atoms with Gasteiger partial charge in [-0.05, 0) is 60.0 Å². The van der Waals surface area contributed by atoms with Crippen LogP contribution >= 0.6 is 0 Å². The van der Waals surface area contributed by atoms with Gasteiger partial charge in [0.25, 0.3) is 11.7 Å². The highest BCUT2D eigenvalue weighted by Gasteiger charge is 2.46. The predicted octanol–water partition coefficient (Wildman–Crippen LogP) is 4.50. The second-order valence-corrected chi connectivity index (χ2v) is 7.93. The maximum absolute atomic E-state index is 13.2. The number of aliphatic hydroxyl groups is 1. The monoisotopic (exact) mass is 458 g/mol. The molecule has 0 spiro atoms. The zero-order valence-electron chi connectivity index (χ0n) is 19.1. The molecule has 1 saturated heterocycles. The maximum Gasteiger partial charge on any atom is 0.295 e. The fourth-order valence-electron chi connectivity index (χ4n) is 3.95. The van der Waals surface area contributed by atoms with Crippen LogP contribution in [-0.4, -0.2) is 40.4 Å². The van der Waals surface area contributed by atoms with E-state index in [-0.39, 0.29) is 17.9 Å². The van der Waals surface area contributed by atoms with Crippen LogP contribution in [0, 0.1) is 0 Å². The number of pyridine rings is 1. The molecule has 2 heterocycles. The molecule has 1 N–H and O–H groups in total. The van der Waals surface area contributed by atoms with Crippen LogP contribution < -0.4 is 9.47 Å². The summed E-state index contributed by atoms with van der Waals surface area (Å²) in [4.78, 5) is 31.9. The normalized spacial score (nSPS) is 17.1. The fourth-order valence-corrected chi connectivity index (χ4v) is 3.95. The number of Topliss-reactive ketones (excluding diaryl/α,β-unsaturated/α-hetero) is 1. The molecule has 34 heavy (non-hydrogen) atoms. The highest BCUT2D eigenvalue weighted by molar-refractivity contribution is 6.46. The van der Waals surface area contributed by atoms with Crippen molar-refractivity contribution in [3.05, 3.63) is 95.3 Å². The number of benzene rings is 2. The standard InChI is InChI=1S/C27H26N2O5/c1-3-15-34-22-12-6-19(7-13-22)24-23(25(30)20-8-10-21(33-2)11-9-20)26(31)27(32)29(24)17-18-5-4-14-28-16-18/h4-14,16,24,30H,3,15,17H2,1-2H3/t24-/m1/s1. The molecule has 1 aliphatic rings. The topological polar surface area (TPSA) is 89.0 Å². The first-order chi connectivity index (χ1) is 16.5. The second-order valence-electron chi connectivity index (χ2n) is 7.93. The number of nitrogens with zero attached hydrogens (tertiary/aromatic N) is 2. The quantitative estimate of drug-likeness (QED) is 0.304. The lowest BCUT2D eigenvalue weighted by Crippen LogP contribution is -2.29. The lowest BCUT2D eigenvalue weighted by atomic mass is 9.95. The van der Waals surface area contributed by atoms with E-state index in [2.05, 4.69) is 4.98 Å². The van der Waals surface area contributed by atoms with Gasteiger partial charge in [-0.3, -0.25) is 14.6 Å². The Morgan fingerprint density at radius 1 is 1.03 bits per heavy atom. The molecule has 1 atom stereocenters. The smallest absolute Gasteiger partial charge is 0.295 e. The Kier molecular flexibility index (Phi) is 6.92. The van der Waals surface area contributed by atoms with Gasteiger partial charge in [-0.1, -0.05) is 25.1 Å². The van der Waals surface area contributed by atoms with E-state index in [9.17, 15) is 14.7 Å². The van der Waals surface area contributed by atoms with Crippen molar-refractivity contribution < 1.29 is 24.2 Å². The van der Waals surface area contributed by atoms with Crippen molar-refractivity contribution in [2.45, 2.75) is 25.9 Å². The van der Waals surface area contributed by atoms with E-state index in [0.717, 1.165) is 12.0 Å². The minimum atomic E-state index is -0.762. The van der Waals surface area contributed by atoms with E-state index < -0.39 is 17.7 Å². The number of aliphatic hydroxyl groups excluding tert-OH is 1. The highest BCUT2D eigenvalue weighted by atomic mass is 16.5. The fraction of sp³-hybridized carbons (Fsp3) is 0.222. The van der Waals surface area contributed by atoms with Crippen LogP contribution in [0.15, 0.2) is 78.6 Å². The average Bonchev–Trinajstić information content (AvgIpc) is 3.13. The van der Waals surface area contributed by atoms with Gasteiger partial charge < -0.3 is 19.5 Å². The van der Waals surface area contributed by atoms with Gasteiger partial charge in [0.05, 0.1) is 25.3 Å². The summed E-state index contributed by atoms with van der Waals surface area (Å²) in [6, 6.07) is 16.8. The molecule has 2 aromatic carbocycles. The SMILES string of the molecule is CCCOc1ccc([C@@H]2C(=C(O)c3ccc(OC)cc3)C(=O)C(=O)N2Cc2cccnc2)cc1. The summed E-state index contributed by atoms with van der Waals surface area (Å²) in [5.41, 5.74) is 1.94. The van der Waals surface area contributed by atoms with E-state index >= 15 is 0 Å². The third-order valence-corrected chi connectivity index (χ3v) is 5.65. The van der Waals surface area contributed by atoms with Crippen LogP contribution in [0.1, 0.15) is 36.1 Å². The highest BCUT2D eigenvalue weighted by Crippen LogP contribution is 2.40. The number of hydrogen-bond acceptors (Lipinski definition) is 6. The third kappa shape index (κ3) is 4.64. The Balaban J connectivity index is 1.79. The molecule has 3 aromatic rings. The molecule has 1 aliphatic heterocycles. The molecule has 0 radical (unpaired) electrons. The van der Waals surface area contributed by atoms with Crippen LogP contribution in [0.2, 0.25) is 0 Å². The largest absolute Gasteiger partial charge is 0.507 e. The number of ether oxygens (including phenoxy) is 2. The summed E-state index contributed by atoms with van der Waals surface area (Å²) in [6.45, 7) is 2.80. The van der Waals surface area contributed by atoms with Gasteiger partial charge in [0.1, 0.15) is 17.3 Å². The summed E-state index contributed by atoms with van der Waals surface area (Å²) < 4.78 is 10.9. The second kappa shape index (κ2) is 10.2. The minimum Gasteiger partial charge on any atom is -0.507 e. The van der Waals surface area contributed by atoms with Crippen molar-refractivity contribution in [3.63, 3.8) is 0 Å². The number of amides is 1. The first-order valence-corrected chi connectivity index (χ1v) is 11.1. The minimum absolute atomic E-state index is 0.0429. The summed E-state index contributed by atoms with van der Waals surface area (Å²) in [5, 5.41) is 11.2. The number of methoxy groups -OCH3 is 1. The van der Waals surface area contributed by atoms with Gasteiger partial charge >= 0.3 is 0 Å². The zero-order valence-corrected chi connectivity index (χ0v) is 19.1. The van der Waals surface area contributed by atoms with Crippen molar-refractivity contribution >= 4 is 17.4 Å². The molecule has 1 fully saturated rings. The molecule has 0 aliphatic carbocycles. The summed E-state index contributed by atoms with van der Waals surface area (Å²) in [7, 11) is 1.55. The molecular formula is C27H26N2O5. The number of ketones is 1. The molecule has 0 bridgehead atoms. The van der Waals surface area contributed by atoms with Crippen LogP contribution in [0.25, 0.3) is 5.76 Å². The lowest BCUT2D eigenvalue weighted by molar-refractivity contribution is -0.140. The number of aromatic nitrogens is 1. The van der Waals surface area contributed by atoms with Crippen molar-refractivity contribution in [2.24, 2.45) is 0 Å². The van der Waals surface area contributed by atoms with Crippen molar-refractivity contribution in [2.75, 3.05) is 13.7 Å². The summed E-state index contributed by atoms with van der Waals surface area (Å²) in [5.74, 6) is -0.312. The van der Waals surface area contributed by atoms with Crippen LogP contribution in [-0.2, 0) is 16.1 Å². The van der Waals surface area contributed by atoms with Gasteiger partial charge in [0.15, 0.2) is 0 Å². The molecular weight excluding hydrogens is 432 g/mol. The first-order valence-electron chi connectivity index (χ1n) is 11.1. The van der Waals surface area contributed by atoms with E-state index in [0.29, 0.717) is 29.2 Å². The van der Waals surface area contributed by atoms with E-state index in [1.54, 1.807) is 49.8 Å². The number of rotatable bonds is 8. The van der Waals surface area contributed by atoms with Gasteiger partial charge in [-0.2, -0.15) is 0 Å². The van der Waals surface area contributed by atoms with E-state index in [4.69, 9.17) is 9.47 Å². The van der Waals surface area contributed by atoms with Crippen LogP contribution in [0.4, 0.5) is 0 Å². The Morgan fingerprint density at radius 2 is 1.74 bits per heavy atom. The Labute approximate surface area is 198 Å². The van der Waals surface area contributed by atoms with Gasteiger partial charge in [-0.15, -0.1) is 0 Å². The van der Waals surface area contributed by atoms with Gasteiger partial charge in [-0.25, -0.2) is 0 Å². The maximum atomic E-state index is 13.2. The molecule has 7 nitrogen and oxygen atoms in total. The van der Waals surface area contributed by atoms with Crippen molar-refractivity contribution in [3.8, 4) is 11.5 Å². The van der Waals surface area contributed by atoms with E-state index in [1.165, 1.54) is 4.90 Å². The van der Waals surface area contributed by atoms with Crippen molar-refractivity contribution in [1.82, 2.24) is 9.88 Å². The Hall–Kier alpha value is -4.13. The van der Waals surface area contributed by atoms with Gasteiger partial charge in [0.2, 0.25) is 0 Å². The number of hydrogen-bond donors (Lipinski definition) is 1. The summed E-state index contributed by atoms with van der Waals surface area (Å²) in [6.07, 6.45) is 4.18. The number of carbonyl (C=O) groups is 2. The number of carbonyl (C=O) groups excluding carboxylic acids is 2. The first kappa shape index (κ1) is 23.0. The Morgan fingerprint density at radius 3 is 2.35 bits per heavy atom. The average molecular weight is 459 g/mol. The molecule has 7 heteroatoms. The zero-order chi connectivity index (χ0) is 24.1. The molecule has 1 aromatic heterocycles. The van der Waals surface area contributed by atoms with Gasteiger partial charge in [0, 0.05) is 24.5 Å². The van der Waals surface area contributed by atoms with Crippen LogP contribution in [0.3, 0.4) is 0 Å². The number of likely N-dealkylation sites (tertiary alicyclic amines) is 1. The predicted molar refractivity (Wildman–Crippen MR) is 127 cm³/mol. The Bertz CT molecular complexity index is 1190. The molecule has 1 amide bonds. The molecule has 0 saturated carbocycles. The third-order valence-electron chi connectivity index (χ3n) is 5.65. The summed E-state index contributed by atoms with van der Waals surface area (Å²) >= 11 is 0. The van der Waals surface area contributed by atoms with Crippen LogP contribution in [0.5, 0.6) is 11.5 Å². The lowest BCUT2D eigenvalue weighted by Gasteiger charge is -2.25. The van der Waals surface area contributed by atoms with E-state index in [1.807, 2.05) is 37.3 Å². The van der Waals surface area contributed by atoms with Crippen molar-refractivity contribution in [1.29, 1.82) is 0 Å².